The molecule has 5 heteroatoms. The van der Waals surface area contributed by atoms with Crippen molar-refractivity contribution >= 4 is 11.7 Å². The Balaban J connectivity index is 2.15. The van der Waals surface area contributed by atoms with Crippen molar-refractivity contribution in [3.8, 4) is 0 Å². The van der Waals surface area contributed by atoms with Crippen molar-refractivity contribution in [2.45, 2.75) is 19.9 Å². The van der Waals surface area contributed by atoms with Gasteiger partial charge in [0.2, 0.25) is 5.76 Å². The number of nitrogens with one attached hydrogen (secondary N) is 1. The standard InChI is InChI=1S/C14H14FNO3/c1-8-3-4-11(10(15)7-8)16-9(2)12-5-6-13(19-12)14(17)18/h3-7,9,16H,1-2H3,(H,17,18). The second-order valence-corrected chi connectivity index (χ2v) is 4.36. The molecule has 19 heavy (non-hydrogen) atoms. The van der Waals surface area contributed by atoms with Gasteiger partial charge in [0.1, 0.15) is 11.6 Å². The normalized spacial score (nSPS) is 12.2. The minimum absolute atomic E-state index is 0.131. The van der Waals surface area contributed by atoms with Crippen LogP contribution in [-0.2, 0) is 0 Å². The maximum Gasteiger partial charge on any atom is 0.371 e. The van der Waals surface area contributed by atoms with E-state index in [1.807, 2.05) is 6.92 Å². The molecule has 1 aromatic carbocycles. The van der Waals surface area contributed by atoms with Crippen LogP contribution in [0.3, 0.4) is 0 Å². The summed E-state index contributed by atoms with van der Waals surface area (Å²) in [4.78, 5) is 10.7. The van der Waals surface area contributed by atoms with E-state index in [2.05, 4.69) is 5.32 Å². The average molecular weight is 263 g/mol. The number of hydrogen-bond acceptors (Lipinski definition) is 3. The molecule has 0 saturated carbocycles. The van der Waals surface area contributed by atoms with Gasteiger partial charge in [0.25, 0.3) is 0 Å². The van der Waals surface area contributed by atoms with Gasteiger partial charge in [0, 0.05) is 0 Å². The van der Waals surface area contributed by atoms with Crippen LogP contribution in [0.25, 0.3) is 0 Å². The van der Waals surface area contributed by atoms with Crippen LogP contribution in [0.1, 0.15) is 34.8 Å². The number of hydrogen-bond donors (Lipinski definition) is 2. The molecule has 0 radical (unpaired) electrons. The molecule has 0 aliphatic carbocycles. The van der Waals surface area contributed by atoms with Crippen molar-refractivity contribution in [2.24, 2.45) is 0 Å². The first-order valence-electron chi connectivity index (χ1n) is 5.83. The molecule has 0 aliphatic heterocycles. The lowest BCUT2D eigenvalue weighted by Gasteiger charge is -2.13. The molecule has 0 amide bonds. The molecular weight excluding hydrogens is 249 g/mol. The van der Waals surface area contributed by atoms with E-state index in [1.54, 1.807) is 25.1 Å². The fourth-order valence-corrected chi connectivity index (χ4v) is 1.74. The number of aryl methyl sites for hydroxylation is 1. The van der Waals surface area contributed by atoms with Crippen LogP contribution in [0, 0.1) is 12.7 Å². The molecular formula is C14H14FNO3. The predicted octanol–water partition coefficient (Wildman–Crippen LogP) is 3.60. The van der Waals surface area contributed by atoms with Crippen LogP contribution in [0.2, 0.25) is 0 Å². The molecule has 1 aromatic heterocycles. The molecule has 1 heterocycles. The van der Waals surface area contributed by atoms with Crippen molar-refractivity contribution in [3.63, 3.8) is 0 Å². The van der Waals surface area contributed by atoms with Gasteiger partial charge in [0.05, 0.1) is 11.7 Å². The molecule has 4 nitrogen and oxygen atoms in total. The van der Waals surface area contributed by atoms with E-state index in [4.69, 9.17) is 9.52 Å². The minimum Gasteiger partial charge on any atom is -0.475 e. The minimum atomic E-state index is -1.13. The Labute approximate surface area is 109 Å². The molecule has 0 aliphatic rings. The summed E-state index contributed by atoms with van der Waals surface area (Å²) < 4.78 is 18.8. The number of carboxylic acid groups (broad SMARTS) is 1. The zero-order valence-corrected chi connectivity index (χ0v) is 10.6. The highest BCUT2D eigenvalue weighted by Crippen LogP contribution is 2.23. The zero-order chi connectivity index (χ0) is 14.0. The van der Waals surface area contributed by atoms with Crippen molar-refractivity contribution < 1.29 is 18.7 Å². The smallest absolute Gasteiger partial charge is 0.371 e. The summed E-state index contributed by atoms with van der Waals surface area (Å²) in [5.74, 6) is -1.16. The van der Waals surface area contributed by atoms with Crippen molar-refractivity contribution in [3.05, 3.63) is 53.2 Å². The molecule has 0 bridgehead atoms. The largest absolute Gasteiger partial charge is 0.475 e. The fraction of sp³-hybridized carbons (Fsp3) is 0.214. The second-order valence-electron chi connectivity index (χ2n) is 4.36. The Bertz CT molecular complexity index is 606. The molecule has 2 aromatic rings. The first-order valence-corrected chi connectivity index (χ1v) is 5.83. The number of rotatable bonds is 4. The summed E-state index contributed by atoms with van der Waals surface area (Å²) in [6, 6.07) is 7.48. The van der Waals surface area contributed by atoms with Gasteiger partial charge in [-0.25, -0.2) is 9.18 Å². The zero-order valence-electron chi connectivity index (χ0n) is 10.6. The van der Waals surface area contributed by atoms with Gasteiger partial charge in [0.15, 0.2) is 0 Å². The van der Waals surface area contributed by atoms with Crippen LogP contribution in [-0.4, -0.2) is 11.1 Å². The highest BCUT2D eigenvalue weighted by Gasteiger charge is 2.15. The van der Waals surface area contributed by atoms with E-state index < -0.39 is 5.97 Å². The first-order chi connectivity index (χ1) is 8.97. The van der Waals surface area contributed by atoms with E-state index >= 15 is 0 Å². The third-order valence-electron chi connectivity index (χ3n) is 2.76. The topological polar surface area (TPSA) is 62.5 Å². The highest BCUT2D eigenvalue weighted by atomic mass is 19.1. The second kappa shape index (κ2) is 5.14. The third kappa shape index (κ3) is 2.93. The van der Waals surface area contributed by atoms with Gasteiger partial charge in [-0.05, 0) is 43.7 Å². The maximum atomic E-state index is 13.7. The molecule has 100 valence electrons. The predicted molar refractivity (Wildman–Crippen MR) is 68.8 cm³/mol. The van der Waals surface area contributed by atoms with Crippen LogP contribution in [0.15, 0.2) is 34.7 Å². The lowest BCUT2D eigenvalue weighted by molar-refractivity contribution is 0.0660. The van der Waals surface area contributed by atoms with Crippen LogP contribution in [0.4, 0.5) is 10.1 Å². The Morgan fingerprint density at radius 1 is 1.37 bits per heavy atom. The summed E-state index contributed by atoms with van der Waals surface area (Å²) in [6.07, 6.45) is 0. The van der Waals surface area contributed by atoms with Crippen LogP contribution in [0.5, 0.6) is 0 Å². The monoisotopic (exact) mass is 263 g/mol. The first kappa shape index (κ1) is 13.1. The van der Waals surface area contributed by atoms with E-state index in [9.17, 15) is 9.18 Å². The molecule has 2 N–H and O–H groups in total. The van der Waals surface area contributed by atoms with Crippen molar-refractivity contribution in [2.75, 3.05) is 5.32 Å². The molecule has 0 fully saturated rings. The molecule has 1 atom stereocenters. The number of halogens is 1. The lowest BCUT2D eigenvalue weighted by atomic mass is 10.2. The quantitative estimate of drug-likeness (QED) is 0.884. The number of furan rings is 1. The fourth-order valence-electron chi connectivity index (χ4n) is 1.74. The summed E-state index contributed by atoms with van der Waals surface area (Å²) in [7, 11) is 0. The van der Waals surface area contributed by atoms with Gasteiger partial charge in [-0.15, -0.1) is 0 Å². The van der Waals surface area contributed by atoms with Gasteiger partial charge in [-0.1, -0.05) is 6.07 Å². The Morgan fingerprint density at radius 2 is 2.11 bits per heavy atom. The molecule has 0 spiro atoms. The van der Waals surface area contributed by atoms with Crippen molar-refractivity contribution in [1.82, 2.24) is 0 Å². The van der Waals surface area contributed by atoms with Gasteiger partial charge in [-0.3, -0.25) is 0 Å². The SMILES string of the molecule is Cc1ccc(NC(C)c2ccc(C(=O)O)o2)c(F)c1. The lowest BCUT2D eigenvalue weighted by Crippen LogP contribution is -2.07. The summed E-state index contributed by atoms with van der Waals surface area (Å²) in [5, 5.41) is 11.7. The number of aromatic carboxylic acids is 1. The number of carbonyl (C=O) groups is 1. The summed E-state index contributed by atoms with van der Waals surface area (Å²) >= 11 is 0. The van der Waals surface area contributed by atoms with E-state index in [0.717, 1.165) is 5.56 Å². The molecule has 2 rings (SSSR count). The highest BCUT2D eigenvalue weighted by molar-refractivity contribution is 5.84. The van der Waals surface area contributed by atoms with Gasteiger partial charge >= 0.3 is 5.97 Å². The third-order valence-corrected chi connectivity index (χ3v) is 2.76. The van der Waals surface area contributed by atoms with Crippen LogP contribution >= 0.6 is 0 Å². The van der Waals surface area contributed by atoms with E-state index in [-0.39, 0.29) is 17.6 Å². The number of anilines is 1. The average Bonchev–Trinajstić information content (AvgIpc) is 2.82. The number of carboxylic acids is 1. The molecule has 1 unspecified atom stereocenters. The Kier molecular flexibility index (Phi) is 3.55. The number of benzene rings is 1. The summed E-state index contributed by atoms with van der Waals surface area (Å²) in [6.45, 7) is 3.58. The van der Waals surface area contributed by atoms with E-state index in [0.29, 0.717) is 11.4 Å². The van der Waals surface area contributed by atoms with Gasteiger partial charge < -0.3 is 14.8 Å². The van der Waals surface area contributed by atoms with Crippen molar-refractivity contribution in [1.29, 1.82) is 0 Å². The van der Waals surface area contributed by atoms with Crippen LogP contribution < -0.4 is 5.32 Å². The van der Waals surface area contributed by atoms with Gasteiger partial charge in [-0.2, -0.15) is 0 Å². The summed E-state index contributed by atoms with van der Waals surface area (Å²) in [5.41, 5.74) is 1.19. The maximum absolute atomic E-state index is 13.7. The molecule has 0 saturated heterocycles. The Morgan fingerprint density at radius 3 is 2.68 bits per heavy atom. The van der Waals surface area contributed by atoms with E-state index in [1.165, 1.54) is 12.1 Å². The Hall–Kier alpha value is -2.30.